The van der Waals surface area contributed by atoms with Crippen LogP contribution in [0.5, 0.6) is 0 Å². The van der Waals surface area contributed by atoms with Gasteiger partial charge in [0.2, 0.25) is 0 Å². The molecule has 5 heteroatoms. The molecule has 3 nitrogen and oxygen atoms in total. The Hall–Kier alpha value is -0.905. The first-order valence-electron chi connectivity index (χ1n) is 5.42. The summed E-state index contributed by atoms with van der Waals surface area (Å²) in [5.74, 6) is -0.426. The molecule has 1 aromatic rings. The number of benzene rings is 1. The zero-order chi connectivity index (χ0) is 11.7. The van der Waals surface area contributed by atoms with Gasteiger partial charge in [0.1, 0.15) is 5.82 Å². The summed E-state index contributed by atoms with van der Waals surface area (Å²) in [6, 6.07) is 4.81. The maximum absolute atomic E-state index is 13.2. The standard InChI is InChI=1S/C11H15BFNO2/c1-14(11-2-3-11)7-8-4-9(12(15)16)6-10(13)5-8/h4-6,11,15-16H,2-3,7H2,1H3. The molecule has 16 heavy (non-hydrogen) atoms. The SMILES string of the molecule is CN(Cc1cc(F)cc(B(O)O)c1)C1CC1. The molecule has 0 bridgehead atoms. The van der Waals surface area contributed by atoms with Crippen LogP contribution in [-0.2, 0) is 6.54 Å². The van der Waals surface area contributed by atoms with Crippen LogP contribution in [0.2, 0.25) is 0 Å². The lowest BCUT2D eigenvalue weighted by Gasteiger charge is -2.16. The predicted molar refractivity (Wildman–Crippen MR) is 60.7 cm³/mol. The van der Waals surface area contributed by atoms with Crippen LogP contribution < -0.4 is 5.46 Å². The van der Waals surface area contributed by atoms with Crippen molar-refractivity contribution in [2.45, 2.75) is 25.4 Å². The van der Waals surface area contributed by atoms with Crippen LogP contribution in [0.1, 0.15) is 18.4 Å². The van der Waals surface area contributed by atoms with Gasteiger partial charge in [0.25, 0.3) is 0 Å². The Labute approximate surface area is 94.7 Å². The summed E-state index contributed by atoms with van der Waals surface area (Å²) in [4.78, 5) is 2.16. The molecule has 0 radical (unpaired) electrons. The molecule has 1 fully saturated rings. The topological polar surface area (TPSA) is 43.7 Å². The van der Waals surface area contributed by atoms with Gasteiger partial charge < -0.3 is 10.0 Å². The minimum Gasteiger partial charge on any atom is -0.423 e. The van der Waals surface area contributed by atoms with Crippen LogP contribution in [0.3, 0.4) is 0 Å². The molecule has 86 valence electrons. The highest BCUT2D eigenvalue weighted by atomic mass is 19.1. The molecular formula is C11H15BFNO2. The lowest BCUT2D eigenvalue weighted by atomic mass is 9.79. The summed E-state index contributed by atoms with van der Waals surface area (Å²) >= 11 is 0. The third-order valence-electron chi connectivity index (χ3n) is 2.88. The Bertz CT molecular complexity index is 382. The number of hydrogen-bond donors (Lipinski definition) is 2. The molecule has 0 aromatic heterocycles. The largest absolute Gasteiger partial charge is 0.488 e. The Morgan fingerprint density at radius 3 is 2.62 bits per heavy atom. The van der Waals surface area contributed by atoms with E-state index in [9.17, 15) is 4.39 Å². The minimum absolute atomic E-state index is 0.208. The zero-order valence-corrected chi connectivity index (χ0v) is 9.23. The number of hydrogen-bond acceptors (Lipinski definition) is 3. The molecule has 1 aromatic carbocycles. The average molecular weight is 223 g/mol. The highest BCUT2D eigenvalue weighted by Gasteiger charge is 2.26. The molecule has 0 spiro atoms. The van der Waals surface area contributed by atoms with Crippen molar-refractivity contribution in [3.8, 4) is 0 Å². The van der Waals surface area contributed by atoms with Crippen molar-refractivity contribution < 1.29 is 14.4 Å². The second kappa shape index (κ2) is 4.53. The van der Waals surface area contributed by atoms with Gasteiger partial charge >= 0.3 is 7.12 Å². The minimum atomic E-state index is -1.61. The Morgan fingerprint density at radius 1 is 1.38 bits per heavy atom. The van der Waals surface area contributed by atoms with Gasteiger partial charge in [-0.3, -0.25) is 4.90 Å². The molecule has 1 saturated carbocycles. The van der Waals surface area contributed by atoms with E-state index in [0.717, 1.165) is 11.6 Å². The maximum Gasteiger partial charge on any atom is 0.488 e. The summed E-state index contributed by atoms with van der Waals surface area (Å²) in [6.45, 7) is 0.641. The third-order valence-corrected chi connectivity index (χ3v) is 2.88. The van der Waals surface area contributed by atoms with E-state index in [4.69, 9.17) is 10.0 Å². The summed E-state index contributed by atoms with van der Waals surface area (Å²) in [6.07, 6.45) is 2.39. The molecular weight excluding hydrogens is 208 g/mol. The summed E-state index contributed by atoms with van der Waals surface area (Å²) < 4.78 is 13.2. The van der Waals surface area contributed by atoms with Crippen LogP contribution in [0.4, 0.5) is 4.39 Å². The van der Waals surface area contributed by atoms with Crippen molar-refractivity contribution in [3.63, 3.8) is 0 Å². The Balaban J connectivity index is 2.13. The highest BCUT2D eigenvalue weighted by Crippen LogP contribution is 2.26. The van der Waals surface area contributed by atoms with Gasteiger partial charge in [0, 0.05) is 12.6 Å². The molecule has 0 heterocycles. The average Bonchev–Trinajstić information content (AvgIpc) is 2.99. The number of halogens is 1. The monoisotopic (exact) mass is 223 g/mol. The van der Waals surface area contributed by atoms with Crippen molar-refractivity contribution in [3.05, 3.63) is 29.6 Å². The normalized spacial score (nSPS) is 15.6. The van der Waals surface area contributed by atoms with Gasteiger partial charge in [-0.15, -0.1) is 0 Å². The molecule has 0 amide bonds. The van der Waals surface area contributed by atoms with E-state index in [0.29, 0.717) is 12.6 Å². The smallest absolute Gasteiger partial charge is 0.423 e. The van der Waals surface area contributed by atoms with Gasteiger partial charge in [-0.25, -0.2) is 4.39 Å². The van der Waals surface area contributed by atoms with Gasteiger partial charge in [-0.05, 0) is 43.0 Å². The van der Waals surface area contributed by atoms with E-state index in [1.165, 1.54) is 18.9 Å². The molecule has 0 aliphatic heterocycles. The van der Waals surface area contributed by atoms with E-state index < -0.39 is 12.9 Å². The van der Waals surface area contributed by atoms with Crippen molar-refractivity contribution >= 4 is 12.6 Å². The molecule has 0 unspecified atom stereocenters. The van der Waals surface area contributed by atoms with Gasteiger partial charge in [0.05, 0.1) is 0 Å². The van der Waals surface area contributed by atoms with Gasteiger partial charge in [-0.2, -0.15) is 0 Å². The highest BCUT2D eigenvalue weighted by molar-refractivity contribution is 6.58. The van der Waals surface area contributed by atoms with Crippen molar-refractivity contribution in [1.82, 2.24) is 4.90 Å². The first-order valence-corrected chi connectivity index (χ1v) is 5.42. The van der Waals surface area contributed by atoms with Crippen LogP contribution in [0.15, 0.2) is 18.2 Å². The van der Waals surface area contributed by atoms with Crippen LogP contribution in [-0.4, -0.2) is 35.2 Å². The molecule has 0 atom stereocenters. The quantitative estimate of drug-likeness (QED) is 0.711. The van der Waals surface area contributed by atoms with Crippen molar-refractivity contribution in [1.29, 1.82) is 0 Å². The molecule has 0 saturated heterocycles. The fraction of sp³-hybridized carbons (Fsp3) is 0.455. The van der Waals surface area contributed by atoms with Gasteiger partial charge in [-0.1, -0.05) is 6.07 Å². The Kier molecular flexibility index (Phi) is 3.28. The molecule has 1 aliphatic carbocycles. The van der Waals surface area contributed by atoms with E-state index in [1.54, 1.807) is 6.07 Å². The fourth-order valence-corrected chi connectivity index (χ4v) is 1.85. The lowest BCUT2D eigenvalue weighted by Crippen LogP contribution is -2.31. The van der Waals surface area contributed by atoms with E-state index in [1.807, 2.05) is 7.05 Å². The molecule has 2 rings (SSSR count). The number of nitrogens with zero attached hydrogens (tertiary/aromatic N) is 1. The fourth-order valence-electron chi connectivity index (χ4n) is 1.85. The zero-order valence-electron chi connectivity index (χ0n) is 9.23. The predicted octanol–water partition coefficient (Wildman–Crippen LogP) is 0.0997. The molecule has 2 N–H and O–H groups in total. The lowest BCUT2D eigenvalue weighted by molar-refractivity contribution is 0.316. The third kappa shape index (κ3) is 2.81. The second-order valence-electron chi connectivity index (χ2n) is 4.41. The second-order valence-corrected chi connectivity index (χ2v) is 4.41. The first-order chi connectivity index (χ1) is 7.56. The maximum atomic E-state index is 13.2. The van der Waals surface area contributed by atoms with Gasteiger partial charge in [0.15, 0.2) is 0 Å². The first kappa shape index (κ1) is 11.6. The molecule has 1 aliphatic rings. The summed E-state index contributed by atoms with van der Waals surface area (Å²) in [5.41, 5.74) is 0.983. The van der Waals surface area contributed by atoms with E-state index in [-0.39, 0.29) is 5.46 Å². The number of rotatable bonds is 4. The van der Waals surface area contributed by atoms with Crippen molar-refractivity contribution in [2.75, 3.05) is 7.05 Å². The Morgan fingerprint density at radius 2 is 2.06 bits per heavy atom. The van der Waals surface area contributed by atoms with Crippen LogP contribution in [0.25, 0.3) is 0 Å². The van der Waals surface area contributed by atoms with E-state index >= 15 is 0 Å². The van der Waals surface area contributed by atoms with E-state index in [2.05, 4.69) is 4.90 Å². The summed E-state index contributed by atoms with van der Waals surface area (Å²) in [7, 11) is 0.387. The van der Waals surface area contributed by atoms with Crippen LogP contribution in [0, 0.1) is 5.82 Å². The summed E-state index contributed by atoms with van der Waals surface area (Å²) in [5, 5.41) is 18.0. The van der Waals surface area contributed by atoms with Crippen LogP contribution >= 0.6 is 0 Å². The van der Waals surface area contributed by atoms with Crippen molar-refractivity contribution in [2.24, 2.45) is 0 Å².